The first-order valence-corrected chi connectivity index (χ1v) is 6.42. The summed E-state index contributed by atoms with van der Waals surface area (Å²) in [6.07, 6.45) is 5.59. The van der Waals surface area contributed by atoms with Gasteiger partial charge in [0.25, 0.3) is 0 Å². The van der Waals surface area contributed by atoms with Crippen molar-refractivity contribution in [2.24, 2.45) is 0 Å². The van der Waals surface area contributed by atoms with Crippen molar-refractivity contribution in [3.8, 4) is 0 Å². The number of rotatable bonds is 6. The molecular weight excluding hydrogens is 218 g/mol. The number of hydrogen-bond acceptors (Lipinski definition) is 3. The molecule has 0 saturated carbocycles. The third-order valence-electron chi connectivity index (χ3n) is 2.87. The van der Waals surface area contributed by atoms with Gasteiger partial charge in [0.1, 0.15) is 0 Å². The van der Waals surface area contributed by atoms with Gasteiger partial charge in [0.2, 0.25) is 0 Å². The zero-order valence-electron chi connectivity index (χ0n) is 10.7. The molecule has 0 bridgehead atoms. The largest absolute Gasteiger partial charge is 0.449 e. The molecule has 1 aliphatic rings. The van der Waals surface area contributed by atoms with Crippen LogP contribution in [0.25, 0.3) is 0 Å². The SMILES string of the molecule is C=CCOC1CCN(C(=O)OCCCC)CC1. The lowest BCUT2D eigenvalue weighted by molar-refractivity contribution is 0.0183. The summed E-state index contributed by atoms with van der Waals surface area (Å²) in [5.74, 6) is 0. The number of carbonyl (C=O) groups excluding carboxylic acids is 1. The number of ether oxygens (including phenoxy) is 2. The maximum atomic E-state index is 11.6. The van der Waals surface area contributed by atoms with Crippen molar-refractivity contribution in [2.75, 3.05) is 26.3 Å². The molecule has 1 fully saturated rings. The molecule has 0 aromatic rings. The van der Waals surface area contributed by atoms with E-state index in [1.807, 2.05) is 0 Å². The van der Waals surface area contributed by atoms with Crippen molar-refractivity contribution in [1.29, 1.82) is 0 Å². The van der Waals surface area contributed by atoms with E-state index in [1.54, 1.807) is 11.0 Å². The van der Waals surface area contributed by atoms with Crippen LogP contribution in [0.15, 0.2) is 12.7 Å². The molecule has 0 radical (unpaired) electrons. The molecule has 0 N–H and O–H groups in total. The topological polar surface area (TPSA) is 38.8 Å². The summed E-state index contributed by atoms with van der Waals surface area (Å²) < 4.78 is 10.7. The number of hydrogen-bond donors (Lipinski definition) is 0. The number of likely N-dealkylation sites (tertiary alicyclic amines) is 1. The summed E-state index contributed by atoms with van der Waals surface area (Å²) in [5.41, 5.74) is 0. The van der Waals surface area contributed by atoms with E-state index in [1.165, 1.54) is 0 Å². The number of piperidine rings is 1. The molecule has 1 heterocycles. The summed E-state index contributed by atoms with van der Waals surface area (Å²) in [6, 6.07) is 0. The molecule has 0 aliphatic carbocycles. The van der Waals surface area contributed by atoms with Crippen molar-refractivity contribution in [2.45, 2.75) is 38.7 Å². The molecule has 0 spiro atoms. The lowest BCUT2D eigenvalue weighted by Crippen LogP contribution is -2.41. The Labute approximate surface area is 104 Å². The van der Waals surface area contributed by atoms with Gasteiger partial charge in [0.05, 0.1) is 19.3 Å². The highest BCUT2D eigenvalue weighted by Crippen LogP contribution is 2.14. The summed E-state index contributed by atoms with van der Waals surface area (Å²) in [4.78, 5) is 13.4. The number of amides is 1. The average molecular weight is 241 g/mol. The summed E-state index contributed by atoms with van der Waals surface area (Å²) in [7, 11) is 0. The molecule has 4 nitrogen and oxygen atoms in total. The monoisotopic (exact) mass is 241 g/mol. The second-order valence-electron chi connectivity index (χ2n) is 4.28. The first-order valence-electron chi connectivity index (χ1n) is 6.42. The molecule has 1 saturated heterocycles. The Bertz CT molecular complexity index is 235. The van der Waals surface area contributed by atoms with Crippen LogP contribution >= 0.6 is 0 Å². The standard InChI is InChI=1S/C13H23NO3/c1-3-5-11-17-13(15)14-8-6-12(7-9-14)16-10-4-2/h4,12H,2-3,5-11H2,1H3. The van der Waals surface area contributed by atoms with E-state index in [0.717, 1.165) is 38.8 Å². The van der Waals surface area contributed by atoms with Crippen molar-refractivity contribution in [1.82, 2.24) is 4.90 Å². The Balaban J connectivity index is 2.17. The van der Waals surface area contributed by atoms with Crippen molar-refractivity contribution in [3.05, 3.63) is 12.7 Å². The first kappa shape index (κ1) is 14.0. The van der Waals surface area contributed by atoms with Gasteiger partial charge in [-0.1, -0.05) is 19.4 Å². The fraction of sp³-hybridized carbons (Fsp3) is 0.769. The van der Waals surface area contributed by atoms with Crippen LogP contribution < -0.4 is 0 Å². The average Bonchev–Trinajstić information content (AvgIpc) is 2.37. The highest BCUT2D eigenvalue weighted by atomic mass is 16.6. The maximum absolute atomic E-state index is 11.6. The lowest BCUT2D eigenvalue weighted by Gasteiger charge is -2.31. The van der Waals surface area contributed by atoms with E-state index in [4.69, 9.17) is 9.47 Å². The van der Waals surface area contributed by atoms with Gasteiger partial charge in [0.15, 0.2) is 0 Å². The second kappa shape index (κ2) is 8.12. The van der Waals surface area contributed by atoms with E-state index in [2.05, 4.69) is 13.5 Å². The van der Waals surface area contributed by atoms with Gasteiger partial charge in [-0.15, -0.1) is 6.58 Å². The molecule has 4 heteroatoms. The van der Waals surface area contributed by atoms with Gasteiger partial charge in [-0.05, 0) is 19.3 Å². The lowest BCUT2D eigenvalue weighted by atomic mass is 10.1. The molecular formula is C13H23NO3. The molecule has 1 rings (SSSR count). The molecule has 0 aromatic heterocycles. The fourth-order valence-corrected chi connectivity index (χ4v) is 1.80. The van der Waals surface area contributed by atoms with Gasteiger partial charge in [-0.25, -0.2) is 4.79 Å². The molecule has 0 aromatic carbocycles. The van der Waals surface area contributed by atoms with Crippen LogP contribution in [0.1, 0.15) is 32.6 Å². The van der Waals surface area contributed by atoms with Crippen molar-refractivity contribution >= 4 is 6.09 Å². The van der Waals surface area contributed by atoms with Gasteiger partial charge in [-0.2, -0.15) is 0 Å². The Morgan fingerprint density at radius 1 is 1.47 bits per heavy atom. The molecule has 1 aliphatic heterocycles. The first-order chi connectivity index (χ1) is 8.27. The maximum Gasteiger partial charge on any atom is 0.409 e. The third kappa shape index (κ3) is 5.22. The highest BCUT2D eigenvalue weighted by molar-refractivity contribution is 5.67. The van der Waals surface area contributed by atoms with E-state index in [-0.39, 0.29) is 12.2 Å². The molecule has 17 heavy (non-hydrogen) atoms. The Morgan fingerprint density at radius 3 is 2.76 bits per heavy atom. The zero-order valence-corrected chi connectivity index (χ0v) is 10.7. The molecule has 0 unspecified atom stereocenters. The minimum atomic E-state index is -0.180. The Kier molecular flexibility index (Phi) is 6.70. The van der Waals surface area contributed by atoms with Crippen LogP contribution in [0.3, 0.4) is 0 Å². The van der Waals surface area contributed by atoms with E-state index >= 15 is 0 Å². The predicted octanol–water partition coefficient (Wildman–Crippen LogP) is 2.59. The summed E-state index contributed by atoms with van der Waals surface area (Å²) in [6.45, 7) is 8.28. The van der Waals surface area contributed by atoms with Crippen LogP contribution in [-0.2, 0) is 9.47 Å². The van der Waals surface area contributed by atoms with Crippen molar-refractivity contribution < 1.29 is 14.3 Å². The fourth-order valence-electron chi connectivity index (χ4n) is 1.80. The Morgan fingerprint density at radius 2 is 2.18 bits per heavy atom. The highest BCUT2D eigenvalue weighted by Gasteiger charge is 2.23. The van der Waals surface area contributed by atoms with Gasteiger partial charge in [0, 0.05) is 13.1 Å². The Hall–Kier alpha value is -1.03. The predicted molar refractivity (Wildman–Crippen MR) is 67.0 cm³/mol. The van der Waals surface area contributed by atoms with Crippen LogP contribution in [0.5, 0.6) is 0 Å². The second-order valence-corrected chi connectivity index (χ2v) is 4.28. The van der Waals surface area contributed by atoms with E-state index in [0.29, 0.717) is 13.2 Å². The molecule has 1 amide bonds. The number of unbranched alkanes of at least 4 members (excludes halogenated alkanes) is 1. The number of carbonyl (C=O) groups is 1. The summed E-state index contributed by atoms with van der Waals surface area (Å²) >= 11 is 0. The minimum Gasteiger partial charge on any atom is -0.449 e. The van der Waals surface area contributed by atoms with Gasteiger partial charge < -0.3 is 14.4 Å². The molecule has 0 atom stereocenters. The van der Waals surface area contributed by atoms with Crippen molar-refractivity contribution in [3.63, 3.8) is 0 Å². The van der Waals surface area contributed by atoms with Crippen LogP contribution in [0.2, 0.25) is 0 Å². The zero-order chi connectivity index (χ0) is 12.5. The molecule has 98 valence electrons. The van der Waals surface area contributed by atoms with Crippen LogP contribution in [-0.4, -0.2) is 43.4 Å². The van der Waals surface area contributed by atoms with Crippen LogP contribution in [0.4, 0.5) is 4.79 Å². The van der Waals surface area contributed by atoms with Gasteiger partial charge >= 0.3 is 6.09 Å². The van der Waals surface area contributed by atoms with E-state index in [9.17, 15) is 4.79 Å². The normalized spacial score (nSPS) is 16.9. The van der Waals surface area contributed by atoms with E-state index < -0.39 is 0 Å². The van der Waals surface area contributed by atoms with Crippen LogP contribution in [0, 0.1) is 0 Å². The minimum absolute atomic E-state index is 0.180. The quantitative estimate of drug-likeness (QED) is 0.530. The smallest absolute Gasteiger partial charge is 0.409 e. The van der Waals surface area contributed by atoms with Gasteiger partial charge in [-0.3, -0.25) is 0 Å². The number of nitrogens with zero attached hydrogens (tertiary/aromatic N) is 1. The summed E-state index contributed by atoms with van der Waals surface area (Å²) in [5, 5.41) is 0. The third-order valence-corrected chi connectivity index (χ3v) is 2.87.